The minimum atomic E-state index is -0.0417. The Morgan fingerprint density at radius 3 is 3.17 bits per heavy atom. The summed E-state index contributed by atoms with van der Waals surface area (Å²) in [6, 6.07) is 12.2. The fourth-order valence-electron chi connectivity index (χ4n) is 3.07. The van der Waals surface area contributed by atoms with Crippen molar-refractivity contribution in [2.75, 3.05) is 12.3 Å². The molecule has 1 aromatic heterocycles. The van der Waals surface area contributed by atoms with Crippen LogP contribution in [0, 0.1) is 0 Å². The number of H-pyrrole nitrogens is 1. The summed E-state index contributed by atoms with van der Waals surface area (Å²) >= 11 is 1.95. The highest BCUT2D eigenvalue weighted by Crippen LogP contribution is 2.30. The highest BCUT2D eigenvalue weighted by Gasteiger charge is 2.11. The number of aromatic nitrogens is 2. The summed E-state index contributed by atoms with van der Waals surface area (Å²) in [5.74, 6) is 1.18. The Labute approximate surface area is 145 Å². The van der Waals surface area contributed by atoms with Crippen molar-refractivity contribution < 1.29 is 4.79 Å². The quantitative estimate of drug-likeness (QED) is 0.765. The number of aromatic amines is 1. The molecular weight excluding hydrogens is 318 g/mol. The number of nitrogens with one attached hydrogen (secondary N) is 2. The number of amides is 1. The van der Waals surface area contributed by atoms with E-state index >= 15 is 0 Å². The molecule has 0 saturated carbocycles. The highest BCUT2D eigenvalue weighted by molar-refractivity contribution is 7.99. The van der Waals surface area contributed by atoms with Crippen LogP contribution in [0.25, 0.3) is 11.0 Å². The second-order valence-corrected chi connectivity index (χ2v) is 7.17. The van der Waals surface area contributed by atoms with E-state index in [-0.39, 0.29) is 5.91 Å². The normalized spacial score (nSPS) is 13.7. The maximum atomic E-state index is 12.3. The molecule has 0 unspecified atom stereocenters. The van der Waals surface area contributed by atoms with E-state index < -0.39 is 0 Å². The number of benzene rings is 2. The van der Waals surface area contributed by atoms with Crippen molar-refractivity contribution in [3.8, 4) is 0 Å². The Morgan fingerprint density at radius 2 is 2.21 bits per heavy atom. The minimum absolute atomic E-state index is 0.0417. The van der Waals surface area contributed by atoms with Crippen molar-refractivity contribution in [3.05, 3.63) is 59.4 Å². The van der Waals surface area contributed by atoms with E-state index in [1.54, 1.807) is 6.33 Å². The third-order valence-corrected chi connectivity index (χ3v) is 5.56. The van der Waals surface area contributed by atoms with Crippen LogP contribution in [0.1, 0.15) is 27.9 Å². The third-order valence-electron chi connectivity index (χ3n) is 4.35. The number of fused-ring (bicyclic) bond motifs is 2. The number of rotatable bonds is 4. The van der Waals surface area contributed by atoms with Crippen LogP contribution in [0.3, 0.4) is 0 Å². The predicted octanol–water partition coefficient (Wildman–Crippen LogP) is 3.57. The summed E-state index contributed by atoms with van der Waals surface area (Å²) in [4.78, 5) is 20.9. The van der Waals surface area contributed by atoms with E-state index in [4.69, 9.17) is 0 Å². The smallest absolute Gasteiger partial charge is 0.251 e. The number of thioether (sulfide) groups is 1. The monoisotopic (exact) mass is 337 g/mol. The van der Waals surface area contributed by atoms with Crippen molar-refractivity contribution in [1.29, 1.82) is 0 Å². The largest absolute Gasteiger partial charge is 0.352 e. The van der Waals surface area contributed by atoms with E-state index in [9.17, 15) is 4.79 Å². The van der Waals surface area contributed by atoms with Gasteiger partial charge in [-0.25, -0.2) is 4.98 Å². The zero-order valence-electron chi connectivity index (χ0n) is 13.3. The molecule has 0 spiro atoms. The standard InChI is InChI=1S/C19H19N3OS/c23-19(15-4-5-16-17(11-15)22-12-21-16)20-8-7-13-3-6-18-14(10-13)2-1-9-24-18/h3-6,10-12H,1-2,7-9H2,(H,20,23)(H,21,22). The van der Waals surface area contributed by atoms with E-state index in [0.29, 0.717) is 12.1 Å². The molecule has 0 bridgehead atoms. The number of carbonyl (C=O) groups excluding carboxylic acids is 1. The molecule has 1 amide bonds. The number of imidazole rings is 1. The summed E-state index contributed by atoms with van der Waals surface area (Å²) in [6.45, 7) is 0.645. The molecule has 5 heteroatoms. The van der Waals surface area contributed by atoms with Gasteiger partial charge in [0.25, 0.3) is 5.91 Å². The topological polar surface area (TPSA) is 57.8 Å². The van der Waals surface area contributed by atoms with E-state index in [2.05, 4.69) is 33.5 Å². The lowest BCUT2D eigenvalue weighted by molar-refractivity contribution is 0.0954. The lowest BCUT2D eigenvalue weighted by Gasteiger charge is -2.16. The van der Waals surface area contributed by atoms with Crippen LogP contribution in [0.4, 0.5) is 0 Å². The molecule has 1 aliphatic heterocycles. The molecule has 122 valence electrons. The molecule has 4 nitrogen and oxygen atoms in total. The molecule has 2 aromatic carbocycles. The molecule has 2 heterocycles. The van der Waals surface area contributed by atoms with Crippen LogP contribution in [0.5, 0.6) is 0 Å². The third kappa shape index (κ3) is 3.17. The molecule has 24 heavy (non-hydrogen) atoms. The van der Waals surface area contributed by atoms with Gasteiger partial charge in [0.1, 0.15) is 0 Å². The van der Waals surface area contributed by atoms with Crippen LogP contribution >= 0.6 is 11.8 Å². The van der Waals surface area contributed by atoms with Crippen LogP contribution in [0.2, 0.25) is 0 Å². The molecule has 4 rings (SSSR count). The summed E-state index contributed by atoms with van der Waals surface area (Å²) < 4.78 is 0. The van der Waals surface area contributed by atoms with Gasteiger partial charge in [-0.05, 0) is 60.4 Å². The molecule has 0 fully saturated rings. The Hall–Kier alpha value is -2.27. The Kier molecular flexibility index (Phi) is 4.26. The number of carbonyl (C=O) groups is 1. The Balaban J connectivity index is 1.37. The van der Waals surface area contributed by atoms with Crippen molar-refractivity contribution in [2.45, 2.75) is 24.2 Å². The molecule has 2 N–H and O–H groups in total. The van der Waals surface area contributed by atoms with Gasteiger partial charge in [0.15, 0.2) is 0 Å². The predicted molar refractivity (Wildman–Crippen MR) is 97.6 cm³/mol. The van der Waals surface area contributed by atoms with E-state index in [1.165, 1.54) is 34.6 Å². The van der Waals surface area contributed by atoms with Crippen LogP contribution in [-0.4, -0.2) is 28.2 Å². The van der Waals surface area contributed by atoms with Gasteiger partial charge in [0.05, 0.1) is 17.4 Å². The van der Waals surface area contributed by atoms with Crippen molar-refractivity contribution >= 4 is 28.7 Å². The molecule has 0 saturated heterocycles. The summed E-state index contributed by atoms with van der Waals surface area (Å²) in [5, 5.41) is 3.01. The molecule has 3 aromatic rings. The van der Waals surface area contributed by atoms with Gasteiger partial charge in [-0.1, -0.05) is 12.1 Å². The average molecular weight is 337 g/mol. The van der Waals surface area contributed by atoms with Gasteiger partial charge in [0.2, 0.25) is 0 Å². The SMILES string of the molecule is O=C(NCCc1ccc2c(c1)CCCS2)c1ccc2nc[nH]c2c1. The zero-order valence-corrected chi connectivity index (χ0v) is 14.2. The first kappa shape index (κ1) is 15.3. The molecule has 0 atom stereocenters. The number of aryl methyl sites for hydroxylation is 1. The van der Waals surface area contributed by atoms with Crippen LogP contribution < -0.4 is 5.32 Å². The van der Waals surface area contributed by atoms with Crippen molar-refractivity contribution in [1.82, 2.24) is 15.3 Å². The maximum absolute atomic E-state index is 12.3. The fourth-order valence-corrected chi connectivity index (χ4v) is 4.09. The first-order chi connectivity index (χ1) is 11.8. The summed E-state index contributed by atoms with van der Waals surface area (Å²) in [7, 11) is 0. The fraction of sp³-hybridized carbons (Fsp3) is 0.263. The first-order valence-electron chi connectivity index (χ1n) is 8.25. The lowest BCUT2D eigenvalue weighted by Crippen LogP contribution is -2.25. The van der Waals surface area contributed by atoms with E-state index in [1.807, 2.05) is 30.0 Å². The zero-order chi connectivity index (χ0) is 16.4. The van der Waals surface area contributed by atoms with Crippen molar-refractivity contribution in [3.63, 3.8) is 0 Å². The second-order valence-electron chi connectivity index (χ2n) is 6.03. The first-order valence-corrected chi connectivity index (χ1v) is 9.24. The molecule has 0 radical (unpaired) electrons. The highest BCUT2D eigenvalue weighted by atomic mass is 32.2. The maximum Gasteiger partial charge on any atom is 0.251 e. The second kappa shape index (κ2) is 6.69. The summed E-state index contributed by atoms with van der Waals surface area (Å²) in [5.41, 5.74) is 5.17. The Morgan fingerprint density at radius 1 is 1.25 bits per heavy atom. The Bertz CT molecular complexity index is 887. The van der Waals surface area contributed by atoms with Gasteiger partial charge in [0, 0.05) is 17.0 Å². The number of hydrogen-bond acceptors (Lipinski definition) is 3. The molecular formula is C19H19N3OS. The van der Waals surface area contributed by atoms with Crippen molar-refractivity contribution in [2.24, 2.45) is 0 Å². The lowest BCUT2D eigenvalue weighted by atomic mass is 10.0. The van der Waals surface area contributed by atoms with Crippen LogP contribution in [0.15, 0.2) is 47.6 Å². The number of nitrogens with zero attached hydrogens (tertiary/aromatic N) is 1. The van der Waals surface area contributed by atoms with Gasteiger partial charge in [-0.2, -0.15) is 0 Å². The van der Waals surface area contributed by atoms with Gasteiger partial charge in [-0.15, -0.1) is 11.8 Å². The molecule has 1 aliphatic rings. The van der Waals surface area contributed by atoms with Gasteiger partial charge in [-0.3, -0.25) is 4.79 Å². The minimum Gasteiger partial charge on any atom is -0.352 e. The number of hydrogen-bond donors (Lipinski definition) is 2. The van der Waals surface area contributed by atoms with E-state index in [0.717, 1.165) is 17.5 Å². The van der Waals surface area contributed by atoms with Crippen LogP contribution in [-0.2, 0) is 12.8 Å². The average Bonchev–Trinajstić information content (AvgIpc) is 3.09. The van der Waals surface area contributed by atoms with Gasteiger partial charge >= 0.3 is 0 Å². The summed E-state index contributed by atoms with van der Waals surface area (Å²) in [6.07, 6.45) is 4.93. The molecule has 0 aliphatic carbocycles. The van der Waals surface area contributed by atoms with Gasteiger partial charge < -0.3 is 10.3 Å².